The summed E-state index contributed by atoms with van der Waals surface area (Å²) >= 11 is 0. The Balaban J connectivity index is 2.31. The Morgan fingerprint density at radius 3 is 3.14 bits per heavy atom. The molecule has 0 spiro atoms. The van der Waals surface area contributed by atoms with Gasteiger partial charge >= 0.3 is 5.97 Å². The van der Waals surface area contributed by atoms with Crippen molar-refractivity contribution in [3.63, 3.8) is 0 Å². The molecule has 1 fully saturated rings. The zero-order valence-electron chi connectivity index (χ0n) is 8.99. The van der Waals surface area contributed by atoms with Crippen LogP contribution >= 0.6 is 0 Å². The zero-order valence-corrected chi connectivity index (χ0v) is 8.99. The first-order valence-corrected chi connectivity index (χ1v) is 5.22. The average molecular weight is 201 g/mol. The molecule has 1 rings (SSSR count). The third-order valence-corrected chi connectivity index (χ3v) is 2.19. The topological polar surface area (TPSA) is 38.8 Å². The normalized spacial score (nSPS) is 24.3. The van der Waals surface area contributed by atoms with Gasteiger partial charge in [-0.3, -0.25) is 9.69 Å². The molecule has 4 nitrogen and oxygen atoms in total. The van der Waals surface area contributed by atoms with Crippen molar-refractivity contribution in [1.29, 1.82) is 0 Å². The summed E-state index contributed by atoms with van der Waals surface area (Å²) in [6.07, 6.45) is 1.20. The van der Waals surface area contributed by atoms with Gasteiger partial charge < -0.3 is 9.47 Å². The van der Waals surface area contributed by atoms with E-state index in [1.807, 2.05) is 13.8 Å². The molecule has 14 heavy (non-hydrogen) atoms. The van der Waals surface area contributed by atoms with Crippen LogP contribution in [0.1, 0.15) is 20.3 Å². The number of hydrogen-bond acceptors (Lipinski definition) is 4. The average Bonchev–Trinajstić information content (AvgIpc) is 2.30. The molecule has 0 bridgehead atoms. The minimum Gasteiger partial charge on any atom is -0.465 e. The van der Waals surface area contributed by atoms with Crippen molar-refractivity contribution >= 4 is 5.97 Å². The fourth-order valence-electron chi connectivity index (χ4n) is 1.61. The summed E-state index contributed by atoms with van der Waals surface area (Å²) in [7, 11) is 0. The number of carbonyl (C=O) groups excluding carboxylic acids is 1. The van der Waals surface area contributed by atoms with Crippen molar-refractivity contribution < 1.29 is 14.3 Å². The molecular formula is C10H19NO3. The maximum Gasteiger partial charge on any atom is 0.320 e. The van der Waals surface area contributed by atoms with Crippen LogP contribution in [0.25, 0.3) is 0 Å². The lowest BCUT2D eigenvalue weighted by molar-refractivity contribution is -0.144. The summed E-state index contributed by atoms with van der Waals surface area (Å²) in [5.41, 5.74) is 0. The van der Waals surface area contributed by atoms with E-state index in [-0.39, 0.29) is 12.1 Å². The fourth-order valence-corrected chi connectivity index (χ4v) is 1.61. The van der Waals surface area contributed by atoms with E-state index >= 15 is 0 Å². The number of carbonyl (C=O) groups is 1. The van der Waals surface area contributed by atoms with Crippen molar-refractivity contribution in [2.24, 2.45) is 0 Å². The minimum atomic E-state index is -0.137. The molecule has 0 aromatic rings. The van der Waals surface area contributed by atoms with Crippen LogP contribution in [-0.4, -0.2) is 49.8 Å². The molecule has 1 unspecified atom stereocenters. The van der Waals surface area contributed by atoms with Crippen LogP contribution in [0.4, 0.5) is 0 Å². The molecule has 0 amide bonds. The highest BCUT2D eigenvalue weighted by atomic mass is 16.5. The maximum absolute atomic E-state index is 11.2. The predicted octanol–water partition coefficient (Wildman–Crippen LogP) is 0.660. The first-order chi connectivity index (χ1) is 6.72. The smallest absolute Gasteiger partial charge is 0.320 e. The number of ether oxygens (including phenoxy) is 2. The van der Waals surface area contributed by atoms with E-state index in [2.05, 4.69) is 4.90 Å². The summed E-state index contributed by atoms with van der Waals surface area (Å²) in [4.78, 5) is 13.3. The van der Waals surface area contributed by atoms with Crippen molar-refractivity contribution in [1.82, 2.24) is 4.90 Å². The van der Waals surface area contributed by atoms with Crippen LogP contribution in [0.2, 0.25) is 0 Å². The summed E-state index contributed by atoms with van der Waals surface area (Å²) in [6.45, 7) is 7.23. The summed E-state index contributed by atoms with van der Waals surface area (Å²) in [6, 6.07) is 0. The van der Waals surface area contributed by atoms with Gasteiger partial charge in [-0.15, -0.1) is 0 Å². The Hall–Kier alpha value is -0.610. The highest BCUT2D eigenvalue weighted by Crippen LogP contribution is 2.04. The number of esters is 1. The molecular weight excluding hydrogens is 182 g/mol. The molecule has 1 heterocycles. The third kappa shape index (κ3) is 4.07. The van der Waals surface area contributed by atoms with E-state index in [1.165, 1.54) is 0 Å². The fraction of sp³-hybridized carbons (Fsp3) is 0.900. The largest absolute Gasteiger partial charge is 0.465 e. The van der Waals surface area contributed by atoms with Gasteiger partial charge in [0.1, 0.15) is 0 Å². The van der Waals surface area contributed by atoms with E-state index in [0.29, 0.717) is 13.2 Å². The van der Waals surface area contributed by atoms with Crippen LogP contribution in [0, 0.1) is 0 Å². The third-order valence-electron chi connectivity index (χ3n) is 2.19. The van der Waals surface area contributed by atoms with E-state index in [9.17, 15) is 4.79 Å². The van der Waals surface area contributed by atoms with E-state index in [4.69, 9.17) is 9.47 Å². The molecule has 1 saturated heterocycles. The second-order valence-electron chi connectivity index (χ2n) is 3.58. The van der Waals surface area contributed by atoms with Crippen molar-refractivity contribution in [2.75, 3.05) is 32.8 Å². The standard InChI is InChI=1S/C10H19NO3/c1-3-13-10(12)8-11-5-4-6-14-9(2)7-11/h9H,3-8H2,1-2H3. The molecule has 1 atom stereocenters. The van der Waals surface area contributed by atoms with Gasteiger partial charge in [-0.05, 0) is 20.3 Å². The first kappa shape index (κ1) is 11.5. The van der Waals surface area contributed by atoms with Crippen LogP contribution in [0.5, 0.6) is 0 Å². The molecule has 0 saturated carbocycles. The van der Waals surface area contributed by atoms with Gasteiger partial charge in [-0.1, -0.05) is 0 Å². The van der Waals surface area contributed by atoms with E-state index < -0.39 is 0 Å². The zero-order chi connectivity index (χ0) is 10.4. The van der Waals surface area contributed by atoms with Crippen LogP contribution in [0.15, 0.2) is 0 Å². The Labute approximate surface area is 85.2 Å². The van der Waals surface area contributed by atoms with Gasteiger partial charge in [0.2, 0.25) is 0 Å². The van der Waals surface area contributed by atoms with Gasteiger partial charge in [0.05, 0.1) is 19.3 Å². The molecule has 0 radical (unpaired) electrons. The lowest BCUT2D eigenvalue weighted by atomic mass is 10.3. The van der Waals surface area contributed by atoms with Gasteiger partial charge in [-0.25, -0.2) is 0 Å². The molecule has 0 aromatic heterocycles. The van der Waals surface area contributed by atoms with Crippen molar-refractivity contribution in [2.45, 2.75) is 26.4 Å². The van der Waals surface area contributed by atoms with E-state index in [0.717, 1.165) is 26.1 Å². The second kappa shape index (κ2) is 5.98. The molecule has 4 heteroatoms. The molecule has 0 N–H and O–H groups in total. The molecule has 1 aliphatic heterocycles. The van der Waals surface area contributed by atoms with Crippen molar-refractivity contribution in [3.05, 3.63) is 0 Å². The molecule has 0 aliphatic carbocycles. The Bertz CT molecular complexity index is 184. The van der Waals surface area contributed by atoms with Crippen LogP contribution in [0.3, 0.4) is 0 Å². The summed E-state index contributed by atoms with van der Waals surface area (Å²) in [5, 5.41) is 0. The number of rotatable bonds is 3. The molecule has 1 aliphatic rings. The Kier molecular flexibility index (Phi) is 4.90. The minimum absolute atomic E-state index is 0.137. The SMILES string of the molecule is CCOC(=O)CN1CCCOC(C)C1. The van der Waals surface area contributed by atoms with Gasteiger partial charge in [0, 0.05) is 19.7 Å². The van der Waals surface area contributed by atoms with Crippen molar-refractivity contribution in [3.8, 4) is 0 Å². The number of hydrogen-bond donors (Lipinski definition) is 0. The highest BCUT2D eigenvalue weighted by Gasteiger charge is 2.17. The Morgan fingerprint density at radius 1 is 1.64 bits per heavy atom. The predicted molar refractivity (Wildman–Crippen MR) is 53.1 cm³/mol. The van der Waals surface area contributed by atoms with Crippen LogP contribution < -0.4 is 0 Å². The molecule has 82 valence electrons. The summed E-state index contributed by atoms with van der Waals surface area (Å²) < 4.78 is 10.4. The maximum atomic E-state index is 11.2. The quantitative estimate of drug-likeness (QED) is 0.629. The first-order valence-electron chi connectivity index (χ1n) is 5.22. The second-order valence-corrected chi connectivity index (χ2v) is 3.58. The molecule has 0 aromatic carbocycles. The lowest BCUT2D eigenvalue weighted by Gasteiger charge is -2.20. The monoisotopic (exact) mass is 201 g/mol. The number of nitrogens with zero attached hydrogens (tertiary/aromatic N) is 1. The van der Waals surface area contributed by atoms with E-state index in [1.54, 1.807) is 0 Å². The van der Waals surface area contributed by atoms with Gasteiger partial charge in [-0.2, -0.15) is 0 Å². The van der Waals surface area contributed by atoms with Gasteiger partial charge in [0.15, 0.2) is 0 Å². The summed E-state index contributed by atoms with van der Waals surface area (Å²) in [5.74, 6) is -0.137. The van der Waals surface area contributed by atoms with Crippen LogP contribution in [-0.2, 0) is 14.3 Å². The lowest BCUT2D eigenvalue weighted by Crippen LogP contribution is -2.35. The Morgan fingerprint density at radius 2 is 2.43 bits per heavy atom. The highest BCUT2D eigenvalue weighted by molar-refractivity contribution is 5.71. The van der Waals surface area contributed by atoms with Gasteiger partial charge in [0.25, 0.3) is 0 Å².